The molecule has 0 bridgehead atoms. The first-order valence-corrected chi connectivity index (χ1v) is 16.8. The molecular formula is C35H30F6N4O4S. The minimum absolute atomic E-state index is 0.00276. The van der Waals surface area contributed by atoms with Crippen molar-refractivity contribution in [1.82, 2.24) is 14.3 Å². The summed E-state index contributed by atoms with van der Waals surface area (Å²) >= 11 is 0. The van der Waals surface area contributed by atoms with Gasteiger partial charge in [-0.25, -0.2) is 18.1 Å². The van der Waals surface area contributed by atoms with Crippen LogP contribution in [0.2, 0.25) is 0 Å². The monoisotopic (exact) mass is 716 g/mol. The Morgan fingerprint density at radius 1 is 0.820 bits per heavy atom. The highest BCUT2D eigenvalue weighted by atomic mass is 32.2. The highest BCUT2D eigenvalue weighted by Crippen LogP contribution is 2.36. The molecule has 0 aliphatic rings. The Balaban J connectivity index is 1.55. The van der Waals surface area contributed by atoms with Gasteiger partial charge in [-0.15, -0.1) is 0 Å². The highest BCUT2D eigenvalue weighted by Gasteiger charge is 2.32. The van der Waals surface area contributed by atoms with Crippen molar-refractivity contribution in [1.29, 1.82) is 0 Å². The summed E-state index contributed by atoms with van der Waals surface area (Å²) in [5, 5.41) is 2.52. The average molecular weight is 717 g/mol. The molecule has 5 aromatic rings. The quantitative estimate of drug-likeness (QED) is 0.111. The predicted molar refractivity (Wildman–Crippen MR) is 175 cm³/mol. The number of halogens is 6. The van der Waals surface area contributed by atoms with Crippen LogP contribution in [0.25, 0.3) is 28.1 Å². The van der Waals surface area contributed by atoms with E-state index in [4.69, 9.17) is 0 Å². The number of fused-ring (bicyclic) bond motifs is 1. The van der Waals surface area contributed by atoms with E-state index >= 15 is 0 Å². The maximum atomic E-state index is 13.8. The van der Waals surface area contributed by atoms with Crippen LogP contribution in [0.15, 0.2) is 89.8 Å². The van der Waals surface area contributed by atoms with Gasteiger partial charge in [0.15, 0.2) is 0 Å². The lowest BCUT2D eigenvalue weighted by atomic mass is 10.1. The Morgan fingerprint density at radius 2 is 1.50 bits per heavy atom. The number of hydrogen-bond donors (Lipinski definition) is 2. The van der Waals surface area contributed by atoms with Gasteiger partial charge in [-0.2, -0.15) is 26.3 Å². The van der Waals surface area contributed by atoms with Crippen molar-refractivity contribution in [3.63, 3.8) is 0 Å². The standard InChI is InChI=1S/C35H30F6N4O4S/c1-3-4-5-10-31(46)44-50(48,49)30-9-7-6-8-27(30)43-33(47)22-11-16-29-28(20-22)42-32(23-17-21(2)18-25(19-23)35(39,40)41)45(29)26-14-12-24(13-15-26)34(36,37)38/h6-9,11-20H,3-5,10H2,1-2H3,(H,43,47)(H,44,46). The molecule has 0 aliphatic carbocycles. The van der Waals surface area contributed by atoms with E-state index in [1.54, 1.807) is 0 Å². The second kappa shape index (κ2) is 14.0. The number of aryl methyl sites for hydroxylation is 1. The van der Waals surface area contributed by atoms with Crippen molar-refractivity contribution >= 4 is 38.6 Å². The lowest BCUT2D eigenvalue weighted by molar-refractivity contribution is -0.138. The molecule has 2 amide bonds. The molecule has 4 aromatic carbocycles. The molecule has 0 fully saturated rings. The molecule has 0 saturated carbocycles. The number of alkyl halides is 6. The highest BCUT2D eigenvalue weighted by molar-refractivity contribution is 7.90. The van der Waals surface area contributed by atoms with E-state index in [-0.39, 0.29) is 56.2 Å². The van der Waals surface area contributed by atoms with E-state index in [9.17, 15) is 44.3 Å². The number of nitrogens with zero attached hydrogens (tertiary/aromatic N) is 2. The number of hydrogen-bond acceptors (Lipinski definition) is 5. The summed E-state index contributed by atoms with van der Waals surface area (Å²) < 4.78 is 111. The van der Waals surface area contributed by atoms with Crippen LogP contribution in [0.3, 0.4) is 0 Å². The number of nitrogens with one attached hydrogen (secondary N) is 2. The number of aromatic nitrogens is 2. The first kappa shape index (κ1) is 36.1. The van der Waals surface area contributed by atoms with Gasteiger partial charge in [-0.05, 0) is 91.7 Å². The van der Waals surface area contributed by atoms with E-state index in [1.807, 2.05) is 11.6 Å². The number of para-hydroxylation sites is 1. The number of benzene rings is 4. The summed E-state index contributed by atoms with van der Waals surface area (Å²) in [5.74, 6) is -1.50. The zero-order chi connectivity index (χ0) is 36.4. The Hall–Kier alpha value is -5.18. The molecule has 262 valence electrons. The molecule has 0 spiro atoms. The fourth-order valence-corrected chi connectivity index (χ4v) is 6.52. The molecule has 0 saturated heterocycles. The first-order valence-electron chi connectivity index (χ1n) is 15.3. The van der Waals surface area contributed by atoms with Crippen molar-refractivity contribution < 1.29 is 44.3 Å². The van der Waals surface area contributed by atoms with Crippen LogP contribution < -0.4 is 10.0 Å². The van der Waals surface area contributed by atoms with E-state index < -0.39 is 45.3 Å². The Kier molecular flexibility index (Phi) is 10.1. The molecule has 0 unspecified atom stereocenters. The molecule has 8 nitrogen and oxygen atoms in total. The largest absolute Gasteiger partial charge is 0.416 e. The SMILES string of the molecule is CCCCCC(=O)NS(=O)(=O)c1ccccc1NC(=O)c1ccc2c(c1)nc(-c1cc(C)cc(C(F)(F)F)c1)n2-c1ccc(C(F)(F)F)cc1. The third-order valence-electron chi connectivity index (χ3n) is 7.71. The Bertz CT molecular complexity index is 2180. The number of unbranched alkanes of at least 4 members (excludes halogenated alkanes) is 2. The Morgan fingerprint density at radius 3 is 2.16 bits per heavy atom. The number of imidazole rings is 1. The molecule has 0 aliphatic heterocycles. The van der Waals surface area contributed by atoms with Crippen LogP contribution in [0, 0.1) is 6.92 Å². The van der Waals surface area contributed by atoms with Crippen LogP contribution in [0.1, 0.15) is 59.7 Å². The number of rotatable bonds is 10. The molecule has 50 heavy (non-hydrogen) atoms. The molecule has 1 heterocycles. The molecule has 2 N–H and O–H groups in total. The van der Waals surface area contributed by atoms with Crippen LogP contribution in [-0.4, -0.2) is 29.8 Å². The fourth-order valence-electron chi connectivity index (χ4n) is 5.34. The van der Waals surface area contributed by atoms with E-state index in [0.717, 1.165) is 49.2 Å². The van der Waals surface area contributed by atoms with Crippen molar-refractivity contribution in [2.45, 2.75) is 56.8 Å². The number of amides is 2. The molecule has 0 radical (unpaired) electrons. The Labute approximate surface area is 283 Å². The second-order valence-corrected chi connectivity index (χ2v) is 13.2. The molecule has 1 aromatic heterocycles. The predicted octanol–water partition coefficient (Wildman–Crippen LogP) is 8.68. The number of carbonyl (C=O) groups is 2. The van der Waals surface area contributed by atoms with Crippen LogP contribution in [0.4, 0.5) is 32.0 Å². The van der Waals surface area contributed by atoms with Gasteiger partial charge in [-0.3, -0.25) is 14.2 Å². The zero-order valence-corrected chi connectivity index (χ0v) is 27.4. The van der Waals surface area contributed by atoms with Gasteiger partial charge in [0, 0.05) is 23.2 Å². The summed E-state index contributed by atoms with van der Waals surface area (Å²) in [7, 11) is -4.36. The lowest BCUT2D eigenvalue weighted by Crippen LogP contribution is -2.31. The van der Waals surface area contributed by atoms with Crippen molar-refractivity contribution in [3.8, 4) is 17.1 Å². The van der Waals surface area contributed by atoms with Gasteiger partial charge in [0.2, 0.25) is 5.91 Å². The topological polar surface area (TPSA) is 110 Å². The first-order chi connectivity index (χ1) is 23.5. The minimum Gasteiger partial charge on any atom is -0.321 e. The maximum absolute atomic E-state index is 13.8. The number of anilines is 1. The third kappa shape index (κ3) is 7.99. The van der Waals surface area contributed by atoms with Crippen LogP contribution in [-0.2, 0) is 27.2 Å². The summed E-state index contributed by atoms with van der Waals surface area (Å²) in [4.78, 5) is 29.9. The van der Waals surface area contributed by atoms with Gasteiger partial charge in [-0.1, -0.05) is 31.9 Å². The number of carbonyl (C=O) groups excluding carboxylic acids is 2. The lowest BCUT2D eigenvalue weighted by Gasteiger charge is -2.14. The van der Waals surface area contributed by atoms with Gasteiger partial charge in [0.05, 0.1) is 27.8 Å². The maximum Gasteiger partial charge on any atom is 0.416 e. The molecule has 0 atom stereocenters. The van der Waals surface area contributed by atoms with E-state index in [0.29, 0.717) is 6.42 Å². The minimum atomic E-state index is -4.70. The van der Waals surface area contributed by atoms with E-state index in [2.05, 4.69) is 10.3 Å². The second-order valence-electron chi connectivity index (χ2n) is 11.5. The van der Waals surface area contributed by atoms with Gasteiger partial charge in [0.1, 0.15) is 10.7 Å². The van der Waals surface area contributed by atoms with Gasteiger partial charge < -0.3 is 5.32 Å². The van der Waals surface area contributed by atoms with Crippen LogP contribution in [0.5, 0.6) is 0 Å². The summed E-state index contributed by atoms with van der Waals surface area (Å²) in [6.07, 6.45) is -7.24. The summed E-state index contributed by atoms with van der Waals surface area (Å²) in [6.45, 7) is 3.40. The molecular weight excluding hydrogens is 686 g/mol. The molecule has 5 rings (SSSR count). The van der Waals surface area contributed by atoms with E-state index in [1.165, 1.54) is 60.0 Å². The smallest absolute Gasteiger partial charge is 0.321 e. The van der Waals surface area contributed by atoms with Crippen molar-refractivity contribution in [2.24, 2.45) is 0 Å². The van der Waals surface area contributed by atoms with Crippen molar-refractivity contribution in [3.05, 3.63) is 107 Å². The average Bonchev–Trinajstić information content (AvgIpc) is 3.43. The third-order valence-corrected chi connectivity index (χ3v) is 9.14. The molecule has 15 heteroatoms. The summed E-state index contributed by atoms with van der Waals surface area (Å²) in [6, 6.07) is 16.8. The van der Waals surface area contributed by atoms with Crippen molar-refractivity contribution in [2.75, 3.05) is 5.32 Å². The normalized spacial score (nSPS) is 12.2. The van der Waals surface area contributed by atoms with Gasteiger partial charge >= 0.3 is 12.4 Å². The van der Waals surface area contributed by atoms with Gasteiger partial charge in [0.25, 0.3) is 15.9 Å². The zero-order valence-electron chi connectivity index (χ0n) is 26.6. The fraction of sp³-hybridized carbons (Fsp3) is 0.229. The number of sulfonamides is 1. The summed E-state index contributed by atoms with van der Waals surface area (Å²) in [5.41, 5.74) is -1.20. The van der Waals surface area contributed by atoms with Crippen LogP contribution >= 0.6 is 0 Å².